The van der Waals surface area contributed by atoms with Crippen molar-refractivity contribution >= 4 is 11.6 Å². The van der Waals surface area contributed by atoms with Gasteiger partial charge < -0.3 is 19.0 Å². The van der Waals surface area contributed by atoms with Gasteiger partial charge in [0.15, 0.2) is 12.1 Å². The van der Waals surface area contributed by atoms with Crippen LogP contribution in [-0.2, 0) is 17.8 Å². The predicted molar refractivity (Wildman–Crippen MR) is 120 cm³/mol. The van der Waals surface area contributed by atoms with Crippen LogP contribution in [0.15, 0.2) is 23.1 Å². The first-order chi connectivity index (χ1) is 15.4. The summed E-state index contributed by atoms with van der Waals surface area (Å²) in [5.74, 6) is 0.492. The minimum Gasteiger partial charge on any atom is -0.451 e. The third kappa shape index (κ3) is 3.67. The second kappa shape index (κ2) is 7.93. The van der Waals surface area contributed by atoms with Gasteiger partial charge in [-0.1, -0.05) is 6.92 Å². The maximum atomic E-state index is 12.9. The molecule has 2 aliphatic heterocycles. The van der Waals surface area contributed by atoms with Gasteiger partial charge in [0.1, 0.15) is 12.3 Å². The lowest BCUT2D eigenvalue weighted by Gasteiger charge is -2.43. The van der Waals surface area contributed by atoms with Crippen LogP contribution >= 0.6 is 0 Å². The van der Waals surface area contributed by atoms with Gasteiger partial charge in [-0.2, -0.15) is 5.26 Å². The van der Waals surface area contributed by atoms with E-state index < -0.39 is 0 Å². The van der Waals surface area contributed by atoms with Crippen molar-refractivity contribution in [2.45, 2.75) is 70.6 Å². The molecule has 0 N–H and O–H groups in total. The molecule has 0 unspecified atom stereocenters. The zero-order valence-corrected chi connectivity index (χ0v) is 19.1. The van der Waals surface area contributed by atoms with Crippen LogP contribution < -0.4 is 4.90 Å². The third-order valence-electron chi connectivity index (χ3n) is 7.11. The molecule has 5 rings (SSSR count). The van der Waals surface area contributed by atoms with E-state index in [1.165, 1.54) is 36.6 Å². The molecule has 1 aromatic heterocycles. The molecule has 3 heterocycles. The summed E-state index contributed by atoms with van der Waals surface area (Å²) < 4.78 is 11.1. The number of fused-ring (bicyclic) bond motifs is 1. The van der Waals surface area contributed by atoms with E-state index in [0.29, 0.717) is 37.9 Å². The monoisotopic (exact) mass is 434 g/mol. The van der Waals surface area contributed by atoms with E-state index in [9.17, 15) is 10.1 Å². The van der Waals surface area contributed by atoms with Gasteiger partial charge in [-0.3, -0.25) is 4.79 Å². The number of benzene rings is 1. The second-order valence-corrected chi connectivity index (χ2v) is 9.81. The van der Waals surface area contributed by atoms with Gasteiger partial charge in [-0.05, 0) is 61.8 Å². The molecule has 0 spiro atoms. The highest BCUT2D eigenvalue weighted by atomic mass is 16.5. The lowest BCUT2D eigenvalue weighted by Crippen LogP contribution is -2.55. The number of carbonyl (C=O) groups is 1. The predicted octanol–water partition coefficient (Wildman–Crippen LogP) is 4.02. The number of hydrogen-bond acceptors (Lipinski definition) is 6. The van der Waals surface area contributed by atoms with Crippen molar-refractivity contribution in [2.75, 3.05) is 24.5 Å². The number of hydrogen-bond donors (Lipinski definition) is 0. The lowest BCUT2D eigenvalue weighted by molar-refractivity contribution is -0.0405. The number of rotatable bonds is 4. The first kappa shape index (κ1) is 21.0. The number of nitriles is 1. The fraction of sp³-hybridized carbons (Fsp3) is 0.560. The molecule has 168 valence electrons. The van der Waals surface area contributed by atoms with Gasteiger partial charge >= 0.3 is 0 Å². The maximum Gasteiger partial charge on any atom is 0.276 e. The van der Waals surface area contributed by atoms with E-state index in [1.807, 2.05) is 4.90 Å². The quantitative estimate of drug-likeness (QED) is 0.723. The third-order valence-corrected chi connectivity index (χ3v) is 7.11. The normalized spacial score (nSPS) is 22.4. The Kier molecular flexibility index (Phi) is 5.21. The summed E-state index contributed by atoms with van der Waals surface area (Å²) in [7, 11) is 0. The van der Waals surface area contributed by atoms with Gasteiger partial charge in [0.25, 0.3) is 5.91 Å². The van der Waals surface area contributed by atoms with E-state index in [4.69, 9.17) is 9.15 Å². The minimum atomic E-state index is -0.271. The van der Waals surface area contributed by atoms with E-state index in [-0.39, 0.29) is 17.6 Å². The summed E-state index contributed by atoms with van der Waals surface area (Å²) in [5, 5.41) is 10.2. The average molecular weight is 435 g/mol. The molecule has 7 nitrogen and oxygen atoms in total. The standard InChI is InChI=1S/C25H30N4O3/c1-4-17-12-28(7-8-29(17)24(30)22-14-31-15-27-22)23-9-18(16-5-6-16)21-13-32-25(2,3)10-19(21)20(23)11-26/h9,14-17H,4-8,10,12-13H2,1-3H3/t17-/m1/s1. The van der Waals surface area contributed by atoms with Gasteiger partial charge in [-0.25, -0.2) is 4.98 Å². The fourth-order valence-electron chi connectivity index (χ4n) is 5.19. The summed E-state index contributed by atoms with van der Waals surface area (Å²) in [4.78, 5) is 21.2. The number of ether oxygens (including phenoxy) is 1. The van der Waals surface area contributed by atoms with Crippen LogP contribution in [0.4, 0.5) is 5.69 Å². The highest BCUT2D eigenvalue weighted by Crippen LogP contribution is 2.47. The van der Waals surface area contributed by atoms with Gasteiger partial charge in [-0.15, -0.1) is 0 Å². The Morgan fingerprint density at radius 3 is 2.78 bits per heavy atom. The molecular weight excluding hydrogens is 404 g/mol. The van der Waals surface area contributed by atoms with Crippen molar-refractivity contribution in [3.8, 4) is 6.07 Å². The number of oxazole rings is 1. The highest BCUT2D eigenvalue weighted by Gasteiger charge is 2.38. The van der Waals surface area contributed by atoms with Crippen LogP contribution in [-0.4, -0.2) is 47.1 Å². The van der Waals surface area contributed by atoms with E-state index in [0.717, 1.165) is 29.7 Å². The van der Waals surface area contributed by atoms with Gasteiger partial charge in [0.05, 0.1) is 23.5 Å². The van der Waals surface area contributed by atoms with Gasteiger partial charge in [0, 0.05) is 32.1 Å². The first-order valence-electron chi connectivity index (χ1n) is 11.6. The Hall–Kier alpha value is -2.85. The Morgan fingerprint density at radius 1 is 1.31 bits per heavy atom. The van der Waals surface area contributed by atoms with Crippen LogP contribution in [0.1, 0.15) is 78.7 Å². The van der Waals surface area contributed by atoms with E-state index in [1.54, 1.807) is 0 Å². The van der Waals surface area contributed by atoms with Crippen LogP contribution in [0.5, 0.6) is 0 Å². The second-order valence-electron chi connectivity index (χ2n) is 9.81. The molecule has 1 saturated carbocycles. The summed E-state index contributed by atoms with van der Waals surface area (Å²) in [6.07, 6.45) is 6.70. The summed E-state index contributed by atoms with van der Waals surface area (Å²) in [6, 6.07) is 4.84. The van der Waals surface area contributed by atoms with Crippen LogP contribution in [0, 0.1) is 11.3 Å². The van der Waals surface area contributed by atoms with Crippen molar-refractivity contribution in [3.63, 3.8) is 0 Å². The Balaban J connectivity index is 1.49. The van der Waals surface area contributed by atoms with Crippen molar-refractivity contribution in [3.05, 3.63) is 46.7 Å². The molecule has 2 fully saturated rings. The molecule has 3 aliphatic rings. The average Bonchev–Trinajstić information content (AvgIpc) is 3.49. The summed E-state index contributed by atoms with van der Waals surface area (Å²) in [5.41, 5.74) is 5.65. The van der Waals surface area contributed by atoms with Gasteiger partial charge in [0.2, 0.25) is 0 Å². The number of anilines is 1. The Morgan fingerprint density at radius 2 is 2.12 bits per heavy atom. The molecule has 0 bridgehead atoms. The number of aromatic nitrogens is 1. The SMILES string of the molecule is CC[C@@H]1CN(c2cc(C3CC3)c3c(c2C#N)CC(C)(C)OC3)CCN1C(=O)c1cocn1. The Bertz CT molecular complexity index is 1070. The van der Waals surface area contributed by atoms with Crippen LogP contribution in [0.2, 0.25) is 0 Å². The highest BCUT2D eigenvalue weighted by molar-refractivity contribution is 5.92. The lowest BCUT2D eigenvalue weighted by atomic mass is 9.84. The molecular formula is C25H30N4O3. The molecule has 2 aromatic rings. The molecule has 1 saturated heterocycles. The number of nitrogens with zero attached hydrogens (tertiary/aromatic N) is 4. The van der Waals surface area contributed by atoms with Crippen molar-refractivity contribution in [1.82, 2.24) is 9.88 Å². The summed E-state index contributed by atoms with van der Waals surface area (Å²) >= 11 is 0. The smallest absolute Gasteiger partial charge is 0.276 e. The molecule has 1 aliphatic carbocycles. The van der Waals surface area contributed by atoms with Crippen molar-refractivity contribution < 1.29 is 13.9 Å². The van der Waals surface area contributed by atoms with Crippen molar-refractivity contribution in [1.29, 1.82) is 5.26 Å². The molecule has 1 amide bonds. The minimum absolute atomic E-state index is 0.0553. The van der Waals surface area contributed by atoms with Crippen LogP contribution in [0.3, 0.4) is 0 Å². The van der Waals surface area contributed by atoms with Crippen molar-refractivity contribution in [2.24, 2.45) is 0 Å². The molecule has 32 heavy (non-hydrogen) atoms. The number of carbonyl (C=O) groups excluding carboxylic acids is 1. The largest absolute Gasteiger partial charge is 0.451 e. The zero-order valence-electron chi connectivity index (χ0n) is 19.1. The van der Waals surface area contributed by atoms with Crippen LogP contribution in [0.25, 0.3) is 0 Å². The number of piperazine rings is 1. The topological polar surface area (TPSA) is 82.6 Å². The first-order valence-corrected chi connectivity index (χ1v) is 11.6. The number of amides is 1. The fourth-order valence-corrected chi connectivity index (χ4v) is 5.19. The van der Waals surface area contributed by atoms with E-state index >= 15 is 0 Å². The zero-order chi connectivity index (χ0) is 22.5. The Labute approximate surface area is 189 Å². The van der Waals surface area contributed by atoms with E-state index in [2.05, 4.69) is 42.8 Å². The molecule has 0 radical (unpaired) electrons. The maximum absolute atomic E-state index is 12.9. The molecule has 1 atom stereocenters. The molecule has 1 aromatic carbocycles. The molecule has 7 heteroatoms. The summed E-state index contributed by atoms with van der Waals surface area (Å²) in [6.45, 7) is 8.88.